The molecule has 0 saturated carbocycles. The number of para-hydroxylation sites is 2. The van der Waals surface area contributed by atoms with Crippen LogP contribution in [0.4, 0.5) is 4.79 Å². The fourth-order valence-corrected chi connectivity index (χ4v) is 7.35. The van der Waals surface area contributed by atoms with Gasteiger partial charge >= 0.3 is 24.0 Å². The van der Waals surface area contributed by atoms with E-state index in [4.69, 9.17) is 4.74 Å². The number of ether oxygens (including phenoxy) is 1. The van der Waals surface area contributed by atoms with Crippen molar-refractivity contribution in [1.29, 1.82) is 0 Å². The molecule has 332 valence electrons. The van der Waals surface area contributed by atoms with Crippen molar-refractivity contribution in [3.63, 3.8) is 0 Å². The Hall–Kier alpha value is -6.79. The minimum Gasteiger partial charge on any atom is -0.481 e. The molecule has 2 heterocycles. The molecule has 1 aromatic heterocycles. The van der Waals surface area contributed by atoms with E-state index in [1.165, 1.54) is 4.90 Å². The van der Waals surface area contributed by atoms with Gasteiger partial charge in [0, 0.05) is 44.2 Å². The van der Waals surface area contributed by atoms with E-state index in [2.05, 4.69) is 20.6 Å². The number of carbonyl (C=O) groups is 9. The molecule has 2 aromatic carbocycles. The average molecular weight is 862 g/mol. The highest BCUT2D eigenvalue weighted by Crippen LogP contribution is 2.30. The van der Waals surface area contributed by atoms with Crippen LogP contribution < -0.4 is 20.9 Å². The maximum absolute atomic E-state index is 13.7. The standard InChI is InChI=1S/C43H51N5O14/c1-23(2)29(21-34(51)31(15-17-36(52)53)45-40(58)25(19-24(3)49)20-37(54)55)42(60)46-32(22-38(56)57)33(50)16-14-26-9-8-18-48(26)43(61)62-35-13-7-5-11-28(35)39-44-30-12-6-4-10-27(30)41(59)47-39/h4-7,10-13,23,25-26,29,31-32H,8-9,14-22H2,1-3H3,(H,45,58)(H,46,60)(H,52,53)(H,54,55)(H,56,57)(H,44,47,59)/t25-,26-,29-,31-,32-/m0/s1. The Labute approximate surface area is 355 Å². The minimum absolute atomic E-state index is 0.102. The summed E-state index contributed by atoms with van der Waals surface area (Å²) in [4.78, 5) is 135. The smallest absolute Gasteiger partial charge is 0.415 e. The summed E-state index contributed by atoms with van der Waals surface area (Å²) in [6.07, 6.45) is -3.28. The lowest BCUT2D eigenvalue weighted by atomic mass is 9.86. The number of rotatable bonds is 23. The van der Waals surface area contributed by atoms with Crippen molar-refractivity contribution in [2.45, 2.75) is 103 Å². The summed E-state index contributed by atoms with van der Waals surface area (Å²) in [6, 6.07) is 9.83. The molecule has 3 aromatic rings. The molecule has 3 amide bonds. The summed E-state index contributed by atoms with van der Waals surface area (Å²) in [5.41, 5.74) is 0.431. The van der Waals surface area contributed by atoms with Crippen LogP contribution in [0.25, 0.3) is 22.3 Å². The SMILES string of the molecule is CC(=O)C[C@@H](CC(=O)O)C(=O)N[C@@H](CCC(=O)O)C(=O)C[C@H](C(=O)N[C@@H](CC(=O)O)C(=O)CC[C@@H]1CCCN1C(=O)Oc1ccccc1-c1nc2ccccc2c(=O)[nH]1)C(C)C. The summed E-state index contributed by atoms with van der Waals surface area (Å²) >= 11 is 0. The van der Waals surface area contributed by atoms with Crippen LogP contribution in [0.15, 0.2) is 53.3 Å². The number of aromatic nitrogens is 2. The van der Waals surface area contributed by atoms with Gasteiger partial charge in [0.1, 0.15) is 17.4 Å². The number of likely N-dealkylation sites (tertiary alicyclic amines) is 1. The van der Waals surface area contributed by atoms with E-state index in [0.717, 1.165) is 6.92 Å². The molecule has 19 heteroatoms. The lowest BCUT2D eigenvalue weighted by Gasteiger charge is -2.27. The summed E-state index contributed by atoms with van der Waals surface area (Å²) in [5.74, 6) is -10.6. The Morgan fingerprint density at radius 2 is 1.47 bits per heavy atom. The second kappa shape index (κ2) is 22.2. The number of carboxylic acid groups (broad SMARTS) is 3. The summed E-state index contributed by atoms with van der Waals surface area (Å²) in [6.45, 7) is 4.64. The molecule has 5 atom stereocenters. The molecule has 6 N–H and O–H groups in total. The average Bonchev–Trinajstić information content (AvgIpc) is 3.68. The van der Waals surface area contributed by atoms with Gasteiger partial charge in [-0.2, -0.15) is 0 Å². The Bertz CT molecular complexity index is 2240. The number of H-pyrrole nitrogens is 1. The number of nitrogens with one attached hydrogen (secondary N) is 3. The molecular weight excluding hydrogens is 810 g/mol. The van der Waals surface area contributed by atoms with Crippen LogP contribution in [-0.4, -0.2) is 108 Å². The number of hydrogen-bond acceptors (Lipinski definition) is 12. The van der Waals surface area contributed by atoms with Gasteiger partial charge in [0.2, 0.25) is 11.8 Å². The number of nitrogens with zero attached hydrogens (tertiary/aromatic N) is 2. The van der Waals surface area contributed by atoms with Gasteiger partial charge in [-0.1, -0.05) is 38.1 Å². The van der Waals surface area contributed by atoms with Gasteiger partial charge in [-0.25, -0.2) is 9.78 Å². The molecule has 1 fully saturated rings. The first-order valence-electron chi connectivity index (χ1n) is 20.2. The fraction of sp³-hybridized carbons (Fsp3) is 0.465. The lowest BCUT2D eigenvalue weighted by Crippen LogP contribution is -2.49. The fourth-order valence-electron chi connectivity index (χ4n) is 7.35. The molecule has 0 aliphatic carbocycles. The van der Waals surface area contributed by atoms with Gasteiger partial charge in [0.25, 0.3) is 5.56 Å². The Balaban J connectivity index is 1.43. The van der Waals surface area contributed by atoms with Gasteiger partial charge in [-0.15, -0.1) is 0 Å². The Morgan fingerprint density at radius 1 is 0.806 bits per heavy atom. The van der Waals surface area contributed by atoms with Crippen molar-refractivity contribution in [3.8, 4) is 17.1 Å². The van der Waals surface area contributed by atoms with Gasteiger partial charge in [-0.3, -0.25) is 38.4 Å². The van der Waals surface area contributed by atoms with Crippen LogP contribution in [0.1, 0.15) is 85.0 Å². The highest BCUT2D eigenvalue weighted by atomic mass is 16.6. The normalized spacial score (nSPS) is 15.5. The van der Waals surface area contributed by atoms with Crippen LogP contribution in [-0.2, 0) is 38.4 Å². The number of amides is 3. The zero-order valence-corrected chi connectivity index (χ0v) is 34.6. The Kier molecular flexibility index (Phi) is 17.1. The summed E-state index contributed by atoms with van der Waals surface area (Å²) < 4.78 is 5.80. The summed E-state index contributed by atoms with van der Waals surface area (Å²) in [5, 5.41) is 33.4. The van der Waals surface area contributed by atoms with Crippen LogP contribution in [0.2, 0.25) is 0 Å². The predicted octanol–water partition coefficient (Wildman–Crippen LogP) is 3.51. The molecule has 62 heavy (non-hydrogen) atoms. The molecular formula is C43H51N5O14. The number of Topliss-reactive ketones (excluding diaryl/α,β-unsaturated/α-hetero) is 3. The van der Waals surface area contributed by atoms with Crippen molar-refractivity contribution < 1.29 is 63.2 Å². The quantitative estimate of drug-likeness (QED) is 0.0795. The maximum atomic E-state index is 13.7. The minimum atomic E-state index is -1.52. The van der Waals surface area contributed by atoms with Crippen molar-refractivity contribution in [2.24, 2.45) is 17.8 Å². The van der Waals surface area contributed by atoms with Gasteiger partial charge in [0.15, 0.2) is 11.6 Å². The number of benzene rings is 2. The summed E-state index contributed by atoms with van der Waals surface area (Å²) in [7, 11) is 0. The zero-order chi connectivity index (χ0) is 45.7. The second-order valence-corrected chi connectivity index (χ2v) is 15.7. The molecule has 0 radical (unpaired) electrons. The maximum Gasteiger partial charge on any atom is 0.415 e. The molecule has 19 nitrogen and oxygen atoms in total. The van der Waals surface area contributed by atoms with E-state index < -0.39 is 128 Å². The first kappa shape index (κ1) is 47.9. The third kappa shape index (κ3) is 13.6. The first-order valence-corrected chi connectivity index (χ1v) is 20.2. The van der Waals surface area contributed by atoms with Crippen molar-refractivity contribution in [1.82, 2.24) is 25.5 Å². The van der Waals surface area contributed by atoms with E-state index in [-0.39, 0.29) is 30.0 Å². The van der Waals surface area contributed by atoms with Gasteiger partial charge in [0.05, 0.1) is 47.3 Å². The van der Waals surface area contributed by atoms with E-state index in [1.54, 1.807) is 62.4 Å². The Morgan fingerprint density at radius 3 is 2.13 bits per heavy atom. The number of carboxylic acids is 3. The number of ketones is 3. The largest absolute Gasteiger partial charge is 0.481 e. The van der Waals surface area contributed by atoms with E-state index in [1.807, 2.05) is 0 Å². The number of hydrogen-bond donors (Lipinski definition) is 6. The monoisotopic (exact) mass is 861 g/mol. The van der Waals surface area contributed by atoms with Crippen LogP contribution in [0.5, 0.6) is 5.75 Å². The number of fused-ring (bicyclic) bond motifs is 1. The number of aliphatic carboxylic acids is 3. The predicted molar refractivity (Wildman–Crippen MR) is 220 cm³/mol. The van der Waals surface area contributed by atoms with E-state index >= 15 is 0 Å². The van der Waals surface area contributed by atoms with Gasteiger partial charge in [-0.05, 0) is 62.8 Å². The highest BCUT2D eigenvalue weighted by molar-refractivity contribution is 5.97. The molecule has 0 spiro atoms. The molecule has 1 aliphatic heterocycles. The third-order valence-corrected chi connectivity index (χ3v) is 10.6. The molecule has 1 aliphatic rings. The van der Waals surface area contributed by atoms with Crippen molar-refractivity contribution in [2.75, 3.05) is 6.54 Å². The van der Waals surface area contributed by atoms with Gasteiger partial charge < -0.3 is 45.4 Å². The second-order valence-electron chi connectivity index (χ2n) is 15.7. The van der Waals surface area contributed by atoms with Crippen LogP contribution in [0.3, 0.4) is 0 Å². The zero-order valence-electron chi connectivity index (χ0n) is 34.6. The van der Waals surface area contributed by atoms with E-state index in [0.29, 0.717) is 35.9 Å². The van der Waals surface area contributed by atoms with Crippen molar-refractivity contribution >= 4 is 64.1 Å². The van der Waals surface area contributed by atoms with Crippen molar-refractivity contribution in [3.05, 3.63) is 58.9 Å². The molecule has 0 unspecified atom stereocenters. The first-order chi connectivity index (χ1) is 29.3. The highest BCUT2D eigenvalue weighted by Gasteiger charge is 2.36. The van der Waals surface area contributed by atoms with Crippen LogP contribution in [0, 0.1) is 17.8 Å². The van der Waals surface area contributed by atoms with Crippen LogP contribution >= 0.6 is 0 Å². The third-order valence-electron chi connectivity index (χ3n) is 10.6. The number of aromatic amines is 1. The molecule has 0 bridgehead atoms. The molecule has 1 saturated heterocycles. The van der Waals surface area contributed by atoms with E-state index in [9.17, 15) is 63.3 Å². The molecule has 4 rings (SSSR count). The number of carbonyl (C=O) groups excluding carboxylic acids is 6. The topological polar surface area (TPSA) is 297 Å². The lowest BCUT2D eigenvalue weighted by molar-refractivity contribution is -0.143.